The predicted octanol–water partition coefficient (Wildman–Crippen LogP) is 5.40. The topological polar surface area (TPSA) is 106 Å². The van der Waals surface area contributed by atoms with Gasteiger partial charge in [-0.3, -0.25) is 0 Å². The third-order valence-electron chi connectivity index (χ3n) is 6.84. The lowest BCUT2D eigenvalue weighted by atomic mass is 9.99. The highest BCUT2D eigenvalue weighted by Crippen LogP contribution is 2.45. The van der Waals surface area contributed by atoms with E-state index in [0.29, 0.717) is 51.9 Å². The van der Waals surface area contributed by atoms with Crippen molar-refractivity contribution >= 4 is 0 Å². The van der Waals surface area contributed by atoms with Crippen molar-refractivity contribution in [3.8, 4) is 46.0 Å². The van der Waals surface area contributed by atoms with Crippen LogP contribution in [0.3, 0.4) is 0 Å². The van der Waals surface area contributed by atoms with Crippen LogP contribution in [0.15, 0.2) is 30.9 Å². The Morgan fingerprint density at radius 2 is 1.76 bits per heavy atom. The Hall–Kier alpha value is -4.42. The van der Waals surface area contributed by atoms with Gasteiger partial charge in [0.1, 0.15) is 30.1 Å². The maximum absolute atomic E-state index is 13.3. The van der Waals surface area contributed by atoms with Crippen molar-refractivity contribution in [1.82, 2.24) is 29.5 Å². The molecule has 0 saturated heterocycles. The molecule has 3 aromatic heterocycles. The molecule has 0 unspecified atom stereocenters. The van der Waals surface area contributed by atoms with E-state index in [1.54, 1.807) is 12.1 Å². The van der Waals surface area contributed by atoms with Crippen LogP contribution >= 0.6 is 0 Å². The van der Waals surface area contributed by atoms with Gasteiger partial charge in [-0.15, -0.1) is 0 Å². The van der Waals surface area contributed by atoms with Gasteiger partial charge < -0.3 is 23.5 Å². The summed E-state index contributed by atoms with van der Waals surface area (Å²) in [6, 6.07) is 3.46. The van der Waals surface area contributed by atoms with Crippen molar-refractivity contribution in [2.45, 2.75) is 44.9 Å². The first kappa shape index (κ1) is 28.1. The van der Waals surface area contributed by atoms with Crippen molar-refractivity contribution in [3.05, 3.63) is 53.4 Å². The second kappa shape index (κ2) is 11.2. The van der Waals surface area contributed by atoms with Gasteiger partial charge in [-0.05, 0) is 19.3 Å². The minimum Gasteiger partial charge on any atom is -0.496 e. The molecule has 1 aromatic carbocycles. The Kier molecular flexibility index (Phi) is 7.70. The molecule has 216 valence electrons. The Labute approximate surface area is 234 Å². The summed E-state index contributed by atoms with van der Waals surface area (Å²) in [6.45, 7) is 1.93. The lowest BCUT2D eigenvalue weighted by Crippen LogP contribution is -2.07. The molecule has 0 spiro atoms. The van der Waals surface area contributed by atoms with Gasteiger partial charge in [0.25, 0.3) is 5.88 Å². The zero-order valence-corrected chi connectivity index (χ0v) is 23.2. The SMILES string of the molecule is CCc1c(-c2nc(C(F)(F)F)cn2C)ccc(COc2nc(-c3c(OC)ncnc3C3CC3)ncc2OC)c1OC. The van der Waals surface area contributed by atoms with Gasteiger partial charge in [-0.2, -0.15) is 18.2 Å². The molecule has 0 amide bonds. The maximum Gasteiger partial charge on any atom is 0.434 e. The quantitative estimate of drug-likeness (QED) is 0.248. The van der Waals surface area contributed by atoms with Crippen LogP contribution in [0.2, 0.25) is 0 Å². The zero-order chi connectivity index (χ0) is 29.3. The van der Waals surface area contributed by atoms with E-state index in [2.05, 4.69) is 24.9 Å². The van der Waals surface area contributed by atoms with Gasteiger partial charge in [0.05, 0.1) is 33.2 Å². The fourth-order valence-electron chi connectivity index (χ4n) is 4.74. The Morgan fingerprint density at radius 3 is 2.37 bits per heavy atom. The number of imidazole rings is 1. The first-order valence-electron chi connectivity index (χ1n) is 12.9. The van der Waals surface area contributed by atoms with E-state index in [4.69, 9.17) is 18.9 Å². The van der Waals surface area contributed by atoms with Crippen LogP contribution in [0.5, 0.6) is 23.3 Å². The molecule has 0 aliphatic heterocycles. The molecule has 1 aliphatic rings. The summed E-state index contributed by atoms with van der Waals surface area (Å²) in [5.74, 6) is 2.18. The average Bonchev–Trinajstić information content (AvgIpc) is 3.74. The highest BCUT2D eigenvalue weighted by molar-refractivity contribution is 5.68. The Bertz CT molecular complexity index is 1570. The fourth-order valence-corrected chi connectivity index (χ4v) is 4.74. The zero-order valence-electron chi connectivity index (χ0n) is 23.2. The number of nitrogens with zero attached hydrogens (tertiary/aromatic N) is 6. The van der Waals surface area contributed by atoms with Gasteiger partial charge in [-0.1, -0.05) is 19.1 Å². The van der Waals surface area contributed by atoms with E-state index in [9.17, 15) is 13.2 Å². The standard InChI is InChI=1S/C28H29F3N6O4/c1-6-17-18(25-35-20(12-37(25)2)28(29,30)31)10-9-16(23(17)39-4)13-41-26-19(38-3)11-32-24(36-26)21-22(15-7-8-15)33-14-34-27(21)40-5/h9-12,14-15H,6-8,13H2,1-5H3. The Balaban J connectivity index is 1.49. The van der Waals surface area contributed by atoms with Crippen LogP contribution in [0.4, 0.5) is 13.2 Å². The summed E-state index contributed by atoms with van der Waals surface area (Å²) in [6.07, 6.45) is 1.91. The summed E-state index contributed by atoms with van der Waals surface area (Å²) in [5, 5.41) is 0. The molecular formula is C28H29F3N6O4. The number of methoxy groups -OCH3 is 3. The first-order chi connectivity index (χ1) is 19.7. The maximum atomic E-state index is 13.3. The van der Waals surface area contributed by atoms with Crippen LogP contribution in [0.25, 0.3) is 22.8 Å². The van der Waals surface area contributed by atoms with E-state index < -0.39 is 11.9 Å². The number of hydrogen-bond donors (Lipinski definition) is 0. The largest absolute Gasteiger partial charge is 0.496 e. The summed E-state index contributed by atoms with van der Waals surface area (Å²) < 4.78 is 64.0. The molecule has 1 aliphatic carbocycles. The van der Waals surface area contributed by atoms with E-state index >= 15 is 0 Å². The smallest absolute Gasteiger partial charge is 0.434 e. The number of benzene rings is 1. The fraction of sp³-hybridized carbons (Fsp3) is 0.393. The lowest BCUT2D eigenvalue weighted by Gasteiger charge is -2.18. The third-order valence-corrected chi connectivity index (χ3v) is 6.84. The molecule has 0 N–H and O–H groups in total. The summed E-state index contributed by atoms with van der Waals surface area (Å²) in [7, 11) is 6.05. The molecule has 5 rings (SSSR count). The number of ether oxygens (including phenoxy) is 4. The third kappa shape index (κ3) is 5.48. The van der Waals surface area contributed by atoms with Gasteiger partial charge in [0.2, 0.25) is 5.88 Å². The summed E-state index contributed by atoms with van der Waals surface area (Å²) in [5.41, 5.74) is 2.37. The van der Waals surface area contributed by atoms with Gasteiger partial charge in [0.15, 0.2) is 17.3 Å². The predicted molar refractivity (Wildman–Crippen MR) is 142 cm³/mol. The van der Waals surface area contributed by atoms with Crippen LogP contribution < -0.4 is 18.9 Å². The Morgan fingerprint density at radius 1 is 0.976 bits per heavy atom. The number of aryl methyl sites for hydroxylation is 1. The molecule has 1 fully saturated rings. The number of halogens is 3. The van der Waals surface area contributed by atoms with Crippen LogP contribution in [0.1, 0.15) is 48.2 Å². The minimum atomic E-state index is -4.55. The van der Waals surface area contributed by atoms with Crippen molar-refractivity contribution in [2.75, 3.05) is 21.3 Å². The molecule has 4 aromatic rings. The van der Waals surface area contributed by atoms with Crippen molar-refractivity contribution in [2.24, 2.45) is 7.05 Å². The molecule has 1 saturated carbocycles. The minimum absolute atomic E-state index is 0.0372. The van der Waals surface area contributed by atoms with E-state index in [0.717, 1.165) is 24.7 Å². The molecule has 10 nitrogen and oxygen atoms in total. The van der Waals surface area contributed by atoms with Gasteiger partial charge >= 0.3 is 6.18 Å². The number of rotatable bonds is 10. The average molecular weight is 571 g/mol. The summed E-state index contributed by atoms with van der Waals surface area (Å²) in [4.78, 5) is 21.6. The molecule has 41 heavy (non-hydrogen) atoms. The molecule has 0 bridgehead atoms. The van der Waals surface area contributed by atoms with Gasteiger partial charge in [0, 0.05) is 35.9 Å². The van der Waals surface area contributed by atoms with E-state index in [1.165, 1.54) is 45.5 Å². The van der Waals surface area contributed by atoms with E-state index in [1.807, 2.05) is 6.92 Å². The van der Waals surface area contributed by atoms with Crippen LogP contribution in [-0.4, -0.2) is 50.8 Å². The molecule has 0 radical (unpaired) electrons. The molecular weight excluding hydrogens is 541 g/mol. The first-order valence-corrected chi connectivity index (χ1v) is 12.9. The number of aromatic nitrogens is 6. The molecule has 13 heteroatoms. The van der Waals surface area contributed by atoms with Crippen molar-refractivity contribution in [1.29, 1.82) is 0 Å². The second-order valence-electron chi connectivity index (χ2n) is 9.47. The highest BCUT2D eigenvalue weighted by atomic mass is 19.4. The monoisotopic (exact) mass is 570 g/mol. The van der Waals surface area contributed by atoms with Crippen LogP contribution in [0, 0.1) is 0 Å². The van der Waals surface area contributed by atoms with Gasteiger partial charge in [-0.25, -0.2) is 19.9 Å². The van der Waals surface area contributed by atoms with Crippen LogP contribution in [-0.2, 0) is 26.3 Å². The summed E-state index contributed by atoms with van der Waals surface area (Å²) >= 11 is 0. The lowest BCUT2D eigenvalue weighted by molar-refractivity contribution is -0.140. The normalized spacial score (nSPS) is 13.3. The molecule has 3 heterocycles. The number of alkyl halides is 3. The molecule has 0 atom stereocenters. The van der Waals surface area contributed by atoms with Crippen molar-refractivity contribution in [3.63, 3.8) is 0 Å². The van der Waals surface area contributed by atoms with E-state index in [-0.39, 0.29) is 24.2 Å². The number of hydrogen-bond acceptors (Lipinski definition) is 9. The van der Waals surface area contributed by atoms with Crippen molar-refractivity contribution < 1.29 is 32.1 Å². The highest BCUT2D eigenvalue weighted by Gasteiger charge is 2.35. The second-order valence-corrected chi connectivity index (χ2v) is 9.47.